The molecule has 0 bridgehead atoms. The molecule has 0 saturated carbocycles. The Morgan fingerprint density at radius 3 is 2.52 bits per heavy atom. The van der Waals surface area contributed by atoms with Crippen LogP contribution in [0.2, 0.25) is 5.02 Å². The average Bonchev–Trinajstić information content (AvgIpc) is 3.01. The first kappa shape index (κ1) is 17.0. The van der Waals surface area contributed by atoms with Crippen LogP contribution in [-0.2, 0) is 6.18 Å². The van der Waals surface area contributed by atoms with Crippen LogP contribution in [0.25, 0.3) is 5.69 Å². The standard InChI is InChI=1S/C16H10ClF3N4O/c17-10-2-1-3-12(8-10)24-14(16(18,19)20)13(9-22-24)15(25)23-11-4-6-21-7-5-11/h1-9H,(H,21,23,25). The number of rotatable bonds is 3. The molecule has 3 rings (SSSR count). The predicted molar refractivity (Wildman–Crippen MR) is 85.8 cm³/mol. The van der Waals surface area contributed by atoms with Crippen LogP contribution in [-0.4, -0.2) is 20.7 Å². The van der Waals surface area contributed by atoms with Gasteiger partial charge in [0.05, 0.1) is 17.4 Å². The molecule has 0 radical (unpaired) electrons. The third kappa shape index (κ3) is 3.63. The maximum Gasteiger partial charge on any atom is 0.434 e. The lowest BCUT2D eigenvalue weighted by Crippen LogP contribution is -2.20. The number of carbonyl (C=O) groups is 1. The van der Waals surface area contributed by atoms with Gasteiger partial charge in [-0.25, -0.2) is 4.68 Å². The van der Waals surface area contributed by atoms with Crippen molar-refractivity contribution >= 4 is 23.2 Å². The zero-order valence-corrected chi connectivity index (χ0v) is 13.2. The van der Waals surface area contributed by atoms with Crippen LogP contribution in [0.3, 0.4) is 0 Å². The summed E-state index contributed by atoms with van der Waals surface area (Å²) in [6.07, 6.45) is -1.09. The van der Waals surface area contributed by atoms with Crippen LogP contribution in [0, 0.1) is 0 Å². The van der Waals surface area contributed by atoms with Crippen LogP contribution in [0.4, 0.5) is 18.9 Å². The summed E-state index contributed by atoms with van der Waals surface area (Å²) in [6, 6.07) is 8.70. The minimum atomic E-state index is -4.79. The SMILES string of the molecule is O=C(Nc1ccncc1)c1cnn(-c2cccc(Cl)c2)c1C(F)(F)F. The Hall–Kier alpha value is -2.87. The quantitative estimate of drug-likeness (QED) is 0.756. The summed E-state index contributed by atoms with van der Waals surface area (Å²) in [5.74, 6) is -0.924. The van der Waals surface area contributed by atoms with Crippen molar-refractivity contribution in [3.05, 3.63) is 71.3 Å². The number of nitrogens with one attached hydrogen (secondary N) is 1. The second kappa shape index (κ2) is 6.56. The average molecular weight is 367 g/mol. The summed E-state index contributed by atoms with van der Waals surface area (Å²) in [6.45, 7) is 0. The van der Waals surface area contributed by atoms with Crippen LogP contribution < -0.4 is 5.32 Å². The molecule has 1 amide bonds. The molecule has 2 heterocycles. The van der Waals surface area contributed by atoms with Crippen molar-refractivity contribution in [3.8, 4) is 5.69 Å². The number of alkyl halides is 3. The lowest BCUT2D eigenvalue weighted by molar-refractivity contribution is -0.143. The van der Waals surface area contributed by atoms with E-state index in [2.05, 4.69) is 15.4 Å². The smallest absolute Gasteiger partial charge is 0.322 e. The van der Waals surface area contributed by atoms with Crippen molar-refractivity contribution in [2.45, 2.75) is 6.18 Å². The van der Waals surface area contributed by atoms with Crippen LogP contribution >= 0.6 is 11.6 Å². The Kier molecular flexibility index (Phi) is 4.45. The van der Waals surface area contributed by atoms with E-state index in [9.17, 15) is 18.0 Å². The number of halogens is 4. The van der Waals surface area contributed by atoms with Gasteiger partial charge in [-0.3, -0.25) is 9.78 Å². The van der Waals surface area contributed by atoms with E-state index in [1.54, 1.807) is 0 Å². The highest BCUT2D eigenvalue weighted by atomic mass is 35.5. The maximum atomic E-state index is 13.5. The molecule has 2 aromatic heterocycles. The summed E-state index contributed by atoms with van der Waals surface area (Å²) in [7, 11) is 0. The molecule has 0 spiro atoms. The molecule has 1 aromatic carbocycles. The van der Waals surface area contributed by atoms with Gasteiger partial charge in [-0.05, 0) is 30.3 Å². The molecule has 3 aromatic rings. The fourth-order valence-corrected chi connectivity index (χ4v) is 2.41. The van der Waals surface area contributed by atoms with Crippen molar-refractivity contribution in [1.82, 2.24) is 14.8 Å². The Bertz CT molecular complexity index is 909. The normalized spacial score (nSPS) is 11.4. The first-order chi connectivity index (χ1) is 11.9. The summed E-state index contributed by atoms with van der Waals surface area (Å²) >= 11 is 5.83. The third-order valence-corrected chi connectivity index (χ3v) is 3.51. The zero-order valence-electron chi connectivity index (χ0n) is 12.5. The Labute approximate surface area is 145 Å². The monoisotopic (exact) mass is 366 g/mol. The maximum absolute atomic E-state index is 13.5. The highest BCUT2D eigenvalue weighted by Gasteiger charge is 2.40. The van der Waals surface area contributed by atoms with E-state index in [4.69, 9.17) is 11.6 Å². The topological polar surface area (TPSA) is 59.8 Å². The molecule has 0 aliphatic heterocycles. The van der Waals surface area contributed by atoms with Gasteiger partial charge in [0.25, 0.3) is 5.91 Å². The molecule has 0 aliphatic carbocycles. The minimum Gasteiger partial charge on any atom is -0.322 e. The molecule has 0 saturated heterocycles. The number of pyridine rings is 1. The molecule has 25 heavy (non-hydrogen) atoms. The largest absolute Gasteiger partial charge is 0.434 e. The fourth-order valence-electron chi connectivity index (χ4n) is 2.22. The van der Waals surface area contributed by atoms with E-state index in [1.165, 1.54) is 48.8 Å². The molecule has 0 unspecified atom stereocenters. The fraction of sp³-hybridized carbons (Fsp3) is 0.0625. The lowest BCUT2D eigenvalue weighted by Gasteiger charge is -2.13. The Balaban J connectivity index is 2.04. The molecule has 0 fully saturated rings. The van der Waals surface area contributed by atoms with Crippen molar-refractivity contribution in [1.29, 1.82) is 0 Å². The van der Waals surface area contributed by atoms with Crippen molar-refractivity contribution < 1.29 is 18.0 Å². The molecular formula is C16H10ClF3N4O. The number of nitrogens with zero attached hydrogens (tertiary/aromatic N) is 3. The number of aromatic nitrogens is 3. The first-order valence-electron chi connectivity index (χ1n) is 6.99. The highest BCUT2D eigenvalue weighted by molar-refractivity contribution is 6.30. The molecule has 128 valence electrons. The summed E-state index contributed by atoms with van der Waals surface area (Å²) < 4.78 is 41.3. The summed E-state index contributed by atoms with van der Waals surface area (Å²) in [5, 5.41) is 6.36. The van der Waals surface area contributed by atoms with Gasteiger partial charge in [0, 0.05) is 23.1 Å². The number of hydrogen-bond donors (Lipinski definition) is 1. The number of carbonyl (C=O) groups excluding carboxylic acids is 1. The number of hydrogen-bond acceptors (Lipinski definition) is 3. The predicted octanol–water partition coefficient (Wildman–Crippen LogP) is 4.19. The van der Waals surface area contributed by atoms with Gasteiger partial charge in [-0.1, -0.05) is 17.7 Å². The molecule has 9 heteroatoms. The van der Waals surface area contributed by atoms with Gasteiger partial charge in [-0.15, -0.1) is 0 Å². The van der Waals surface area contributed by atoms with Crippen molar-refractivity contribution in [2.24, 2.45) is 0 Å². The second-order valence-electron chi connectivity index (χ2n) is 4.99. The number of amides is 1. The number of benzene rings is 1. The van der Waals surface area contributed by atoms with Crippen LogP contribution in [0.5, 0.6) is 0 Å². The summed E-state index contributed by atoms with van der Waals surface area (Å²) in [4.78, 5) is 16.1. The minimum absolute atomic E-state index is 0.0998. The van der Waals surface area contributed by atoms with E-state index in [0.29, 0.717) is 10.4 Å². The molecule has 5 nitrogen and oxygen atoms in total. The number of anilines is 1. The van der Waals surface area contributed by atoms with Crippen LogP contribution in [0.1, 0.15) is 16.1 Å². The van der Waals surface area contributed by atoms with Gasteiger partial charge in [0.15, 0.2) is 5.69 Å². The van der Waals surface area contributed by atoms with Crippen molar-refractivity contribution in [3.63, 3.8) is 0 Å². The van der Waals surface area contributed by atoms with E-state index < -0.39 is 23.3 Å². The molecular weight excluding hydrogens is 357 g/mol. The van der Waals surface area contributed by atoms with E-state index >= 15 is 0 Å². The van der Waals surface area contributed by atoms with Gasteiger partial charge in [0.2, 0.25) is 0 Å². The Morgan fingerprint density at radius 2 is 1.88 bits per heavy atom. The van der Waals surface area contributed by atoms with E-state index in [1.807, 2.05) is 0 Å². The third-order valence-electron chi connectivity index (χ3n) is 3.27. The molecule has 0 aliphatic rings. The van der Waals surface area contributed by atoms with Gasteiger partial charge in [0.1, 0.15) is 0 Å². The lowest BCUT2D eigenvalue weighted by atomic mass is 10.2. The van der Waals surface area contributed by atoms with Gasteiger partial charge >= 0.3 is 6.18 Å². The van der Waals surface area contributed by atoms with Crippen LogP contribution in [0.15, 0.2) is 55.0 Å². The molecule has 1 N–H and O–H groups in total. The van der Waals surface area contributed by atoms with Gasteiger partial charge < -0.3 is 5.32 Å². The van der Waals surface area contributed by atoms with E-state index in [-0.39, 0.29) is 10.7 Å². The zero-order chi connectivity index (χ0) is 18.0. The van der Waals surface area contributed by atoms with Crippen molar-refractivity contribution in [2.75, 3.05) is 5.32 Å². The summed E-state index contributed by atoms with van der Waals surface area (Å²) in [5.41, 5.74) is -1.35. The van der Waals surface area contributed by atoms with E-state index in [0.717, 1.165) is 6.20 Å². The second-order valence-corrected chi connectivity index (χ2v) is 5.42. The molecule has 0 atom stereocenters. The Morgan fingerprint density at radius 1 is 1.16 bits per heavy atom. The highest BCUT2D eigenvalue weighted by Crippen LogP contribution is 2.34. The van der Waals surface area contributed by atoms with Gasteiger partial charge in [-0.2, -0.15) is 18.3 Å². The first-order valence-corrected chi connectivity index (χ1v) is 7.36.